The van der Waals surface area contributed by atoms with Crippen molar-refractivity contribution in [2.45, 2.75) is 24.5 Å². The zero-order chi connectivity index (χ0) is 20.3. The SMILES string of the molecule is C[C@@H](OC(=O)c1ccc(S(C)(=O)=O)cc1)C(=O)NCc1ccc2c(c1)OCO2. The number of rotatable bonds is 6. The summed E-state index contributed by atoms with van der Waals surface area (Å²) in [5.74, 6) is 0.0904. The zero-order valence-electron chi connectivity index (χ0n) is 15.3. The van der Waals surface area contributed by atoms with Gasteiger partial charge in [-0.05, 0) is 48.9 Å². The fourth-order valence-electron chi connectivity index (χ4n) is 2.50. The number of esters is 1. The quantitative estimate of drug-likeness (QED) is 0.729. The molecule has 0 unspecified atom stereocenters. The van der Waals surface area contributed by atoms with Crippen molar-refractivity contribution in [3.8, 4) is 11.5 Å². The van der Waals surface area contributed by atoms with Gasteiger partial charge in [-0.2, -0.15) is 0 Å². The highest BCUT2D eigenvalue weighted by Gasteiger charge is 2.20. The molecule has 1 aliphatic rings. The number of amides is 1. The van der Waals surface area contributed by atoms with E-state index in [2.05, 4.69) is 5.32 Å². The Bertz CT molecular complexity index is 999. The van der Waals surface area contributed by atoms with E-state index in [1.807, 2.05) is 0 Å². The Morgan fingerprint density at radius 1 is 1.11 bits per heavy atom. The van der Waals surface area contributed by atoms with E-state index < -0.39 is 27.8 Å². The molecule has 1 heterocycles. The summed E-state index contributed by atoms with van der Waals surface area (Å²) in [6.45, 7) is 1.86. The molecule has 0 saturated carbocycles. The molecule has 2 aromatic rings. The molecule has 8 nitrogen and oxygen atoms in total. The standard InChI is InChI=1S/C19H19NO7S/c1-12(27-19(22)14-4-6-15(7-5-14)28(2,23)24)18(21)20-10-13-3-8-16-17(9-13)26-11-25-16/h3-9,12H,10-11H2,1-2H3,(H,20,21)/t12-/m1/s1. The Morgan fingerprint density at radius 3 is 2.46 bits per heavy atom. The average Bonchev–Trinajstić information content (AvgIpc) is 3.13. The number of hydrogen-bond donors (Lipinski definition) is 1. The second kappa shape index (κ2) is 7.89. The van der Waals surface area contributed by atoms with Gasteiger partial charge in [0.05, 0.1) is 10.5 Å². The molecule has 0 aliphatic carbocycles. The molecule has 0 spiro atoms. The molecule has 0 fully saturated rings. The molecule has 0 aromatic heterocycles. The predicted octanol–water partition coefficient (Wildman–Crippen LogP) is 1.68. The monoisotopic (exact) mass is 405 g/mol. The van der Waals surface area contributed by atoms with E-state index in [9.17, 15) is 18.0 Å². The van der Waals surface area contributed by atoms with E-state index in [0.717, 1.165) is 11.8 Å². The third-order valence-corrected chi connectivity index (χ3v) is 5.20. The van der Waals surface area contributed by atoms with Gasteiger partial charge in [-0.25, -0.2) is 13.2 Å². The van der Waals surface area contributed by atoms with Crippen LogP contribution in [-0.4, -0.2) is 39.4 Å². The van der Waals surface area contributed by atoms with Gasteiger partial charge in [0.1, 0.15) is 0 Å². The van der Waals surface area contributed by atoms with Crippen molar-refractivity contribution in [1.29, 1.82) is 0 Å². The lowest BCUT2D eigenvalue weighted by atomic mass is 10.2. The second-order valence-electron chi connectivity index (χ2n) is 6.25. The summed E-state index contributed by atoms with van der Waals surface area (Å²) in [6, 6.07) is 10.6. The Morgan fingerprint density at radius 2 is 1.79 bits per heavy atom. The lowest BCUT2D eigenvalue weighted by molar-refractivity contribution is -0.129. The van der Waals surface area contributed by atoms with E-state index in [0.29, 0.717) is 11.5 Å². The van der Waals surface area contributed by atoms with E-state index in [1.165, 1.54) is 31.2 Å². The largest absolute Gasteiger partial charge is 0.454 e. The maximum Gasteiger partial charge on any atom is 0.338 e. The van der Waals surface area contributed by atoms with Gasteiger partial charge in [-0.1, -0.05) is 6.07 Å². The van der Waals surface area contributed by atoms with Crippen LogP contribution in [0.25, 0.3) is 0 Å². The van der Waals surface area contributed by atoms with Crippen LogP contribution >= 0.6 is 0 Å². The van der Waals surface area contributed by atoms with Gasteiger partial charge in [-0.15, -0.1) is 0 Å². The molecule has 0 radical (unpaired) electrons. The summed E-state index contributed by atoms with van der Waals surface area (Å²) in [6.07, 6.45) is 0.0588. The lowest BCUT2D eigenvalue weighted by Crippen LogP contribution is -2.35. The molecule has 1 N–H and O–H groups in total. The number of sulfone groups is 1. The van der Waals surface area contributed by atoms with E-state index >= 15 is 0 Å². The van der Waals surface area contributed by atoms with E-state index in [-0.39, 0.29) is 23.8 Å². The normalized spacial score (nSPS) is 13.6. The number of hydrogen-bond acceptors (Lipinski definition) is 7. The molecule has 28 heavy (non-hydrogen) atoms. The Hall–Kier alpha value is -3.07. The summed E-state index contributed by atoms with van der Waals surface area (Å²) in [4.78, 5) is 24.4. The minimum absolute atomic E-state index is 0.0959. The first-order chi connectivity index (χ1) is 13.2. The first-order valence-corrected chi connectivity index (χ1v) is 10.3. The van der Waals surface area contributed by atoms with Gasteiger partial charge in [0.25, 0.3) is 5.91 Å². The molecule has 3 rings (SSSR count). The summed E-state index contributed by atoms with van der Waals surface area (Å²) in [5.41, 5.74) is 0.968. The van der Waals surface area contributed by atoms with Crippen molar-refractivity contribution < 1.29 is 32.2 Å². The summed E-state index contributed by atoms with van der Waals surface area (Å²) in [5, 5.41) is 2.68. The summed E-state index contributed by atoms with van der Waals surface area (Å²) in [7, 11) is -3.35. The van der Waals surface area contributed by atoms with E-state index in [4.69, 9.17) is 14.2 Å². The fraction of sp³-hybridized carbons (Fsp3) is 0.263. The van der Waals surface area contributed by atoms with Crippen LogP contribution in [0.4, 0.5) is 0 Å². The van der Waals surface area contributed by atoms with Gasteiger partial charge < -0.3 is 19.5 Å². The predicted molar refractivity (Wildman–Crippen MR) is 98.8 cm³/mol. The van der Waals surface area contributed by atoms with Crippen LogP contribution in [0.3, 0.4) is 0 Å². The molecule has 148 valence electrons. The first-order valence-electron chi connectivity index (χ1n) is 8.41. The smallest absolute Gasteiger partial charge is 0.338 e. The molecule has 0 saturated heterocycles. The molecule has 1 amide bonds. The van der Waals surface area contributed by atoms with Crippen molar-refractivity contribution in [3.05, 3.63) is 53.6 Å². The second-order valence-corrected chi connectivity index (χ2v) is 8.27. The molecule has 1 atom stereocenters. The number of ether oxygens (including phenoxy) is 3. The van der Waals surface area contributed by atoms with Crippen LogP contribution in [0.2, 0.25) is 0 Å². The van der Waals surface area contributed by atoms with Crippen molar-refractivity contribution in [2.75, 3.05) is 13.0 Å². The fourth-order valence-corrected chi connectivity index (χ4v) is 3.13. The number of nitrogens with one attached hydrogen (secondary N) is 1. The molecule has 1 aliphatic heterocycles. The molecular weight excluding hydrogens is 386 g/mol. The highest BCUT2D eigenvalue weighted by atomic mass is 32.2. The van der Waals surface area contributed by atoms with E-state index in [1.54, 1.807) is 18.2 Å². The maximum atomic E-state index is 12.2. The number of benzene rings is 2. The van der Waals surface area contributed by atoms with Crippen LogP contribution in [0.1, 0.15) is 22.8 Å². The van der Waals surface area contributed by atoms with Gasteiger partial charge in [0.2, 0.25) is 6.79 Å². The van der Waals surface area contributed by atoms with Gasteiger partial charge in [0.15, 0.2) is 27.4 Å². The minimum Gasteiger partial charge on any atom is -0.454 e. The minimum atomic E-state index is -3.35. The molecule has 0 bridgehead atoms. The topological polar surface area (TPSA) is 108 Å². The maximum absolute atomic E-state index is 12.2. The van der Waals surface area contributed by atoms with Crippen LogP contribution in [0, 0.1) is 0 Å². The Labute approximate surface area is 162 Å². The van der Waals surface area contributed by atoms with Crippen molar-refractivity contribution >= 4 is 21.7 Å². The van der Waals surface area contributed by atoms with Crippen LogP contribution in [0.5, 0.6) is 11.5 Å². The number of fused-ring (bicyclic) bond motifs is 1. The number of carbonyl (C=O) groups is 2. The number of carbonyl (C=O) groups excluding carboxylic acids is 2. The summed E-state index contributed by atoms with van der Waals surface area (Å²) < 4.78 is 38.5. The third kappa shape index (κ3) is 4.61. The molecule has 9 heteroatoms. The van der Waals surface area contributed by atoms with Crippen LogP contribution in [0.15, 0.2) is 47.4 Å². The van der Waals surface area contributed by atoms with Gasteiger partial charge in [-0.3, -0.25) is 4.79 Å². The van der Waals surface area contributed by atoms with Crippen molar-refractivity contribution in [1.82, 2.24) is 5.32 Å². The zero-order valence-corrected chi connectivity index (χ0v) is 16.1. The van der Waals surface area contributed by atoms with Crippen LogP contribution in [-0.2, 0) is 25.9 Å². The highest BCUT2D eigenvalue weighted by Crippen LogP contribution is 2.32. The Balaban J connectivity index is 1.54. The first kappa shape index (κ1) is 19.7. The average molecular weight is 405 g/mol. The van der Waals surface area contributed by atoms with Crippen molar-refractivity contribution in [3.63, 3.8) is 0 Å². The van der Waals surface area contributed by atoms with Crippen LogP contribution < -0.4 is 14.8 Å². The lowest BCUT2D eigenvalue weighted by Gasteiger charge is -2.14. The molecular formula is C19H19NO7S. The molecule has 2 aromatic carbocycles. The van der Waals surface area contributed by atoms with Gasteiger partial charge >= 0.3 is 5.97 Å². The Kier molecular flexibility index (Phi) is 5.55. The summed E-state index contributed by atoms with van der Waals surface area (Å²) >= 11 is 0. The highest BCUT2D eigenvalue weighted by molar-refractivity contribution is 7.90. The van der Waals surface area contributed by atoms with Gasteiger partial charge in [0, 0.05) is 12.8 Å². The third-order valence-electron chi connectivity index (χ3n) is 4.07. The van der Waals surface area contributed by atoms with Crippen molar-refractivity contribution in [2.24, 2.45) is 0 Å².